The average Bonchev–Trinajstić information content (AvgIpc) is 2.48. The second-order valence-electron chi connectivity index (χ2n) is 5.98. The SMILES string of the molecule is NCC1(CC(=O)N2CCOC(C(=O)O)C2)CCCCC1. The van der Waals surface area contributed by atoms with E-state index >= 15 is 0 Å². The number of hydrogen-bond donors (Lipinski definition) is 2. The molecule has 1 heterocycles. The first-order chi connectivity index (χ1) is 9.56. The Hall–Kier alpha value is -1.14. The summed E-state index contributed by atoms with van der Waals surface area (Å²) in [6.45, 7) is 1.45. The monoisotopic (exact) mass is 284 g/mol. The molecule has 2 fully saturated rings. The number of carbonyl (C=O) groups is 2. The molecule has 0 spiro atoms. The Morgan fingerprint density at radius 2 is 2.00 bits per heavy atom. The van der Waals surface area contributed by atoms with Crippen molar-refractivity contribution in [2.45, 2.75) is 44.6 Å². The van der Waals surface area contributed by atoms with Gasteiger partial charge in [-0.15, -0.1) is 0 Å². The molecule has 0 aromatic rings. The van der Waals surface area contributed by atoms with E-state index in [0.29, 0.717) is 26.1 Å². The fourth-order valence-electron chi connectivity index (χ4n) is 3.21. The average molecular weight is 284 g/mol. The Labute approximate surface area is 119 Å². The van der Waals surface area contributed by atoms with Crippen molar-refractivity contribution in [2.75, 3.05) is 26.2 Å². The van der Waals surface area contributed by atoms with Gasteiger partial charge in [0, 0.05) is 13.0 Å². The van der Waals surface area contributed by atoms with Gasteiger partial charge in [-0.2, -0.15) is 0 Å². The van der Waals surface area contributed by atoms with Gasteiger partial charge in [0.05, 0.1) is 13.2 Å². The molecule has 1 atom stereocenters. The molecule has 3 N–H and O–H groups in total. The van der Waals surface area contributed by atoms with Crippen LogP contribution in [0.5, 0.6) is 0 Å². The third-order valence-corrected chi connectivity index (χ3v) is 4.57. The molecule has 0 radical (unpaired) electrons. The first kappa shape index (κ1) is 15.3. The van der Waals surface area contributed by atoms with Crippen molar-refractivity contribution in [1.29, 1.82) is 0 Å². The van der Waals surface area contributed by atoms with Gasteiger partial charge in [-0.3, -0.25) is 4.79 Å². The van der Waals surface area contributed by atoms with Crippen LogP contribution >= 0.6 is 0 Å². The van der Waals surface area contributed by atoms with Gasteiger partial charge in [0.1, 0.15) is 0 Å². The van der Waals surface area contributed by atoms with E-state index in [1.807, 2.05) is 0 Å². The highest BCUT2D eigenvalue weighted by molar-refractivity contribution is 5.79. The molecule has 6 nitrogen and oxygen atoms in total. The van der Waals surface area contributed by atoms with Crippen molar-refractivity contribution in [3.63, 3.8) is 0 Å². The Kier molecular flexibility index (Phi) is 4.99. The largest absolute Gasteiger partial charge is 0.479 e. The Bertz CT molecular complexity index is 366. The zero-order valence-corrected chi connectivity index (χ0v) is 11.8. The van der Waals surface area contributed by atoms with Gasteiger partial charge >= 0.3 is 5.97 Å². The van der Waals surface area contributed by atoms with Crippen LogP contribution in [0.25, 0.3) is 0 Å². The summed E-state index contributed by atoms with van der Waals surface area (Å²) < 4.78 is 5.14. The summed E-state index contributed by atoms with van der Waals surface area (Å²) in [4.78, 5) is 25.0. The van der Waals surface area contributed by atoms with Gasteiger partial charge in [0.2, 0.25) is 5.91 Å². The lowest BCUT2D eigenvalue weighted by molar-refractivity contribution is -0.160. The van der Waals surface area contributed by atoms with Crippen molar-refractivity contribution in [3.8, 4) is 0 Å². The third-order valence-electron chi connectivity index (χ3n) is 4.57. The molecule has 20 heavy (non-hydrogen) atoms. The van der Waals surface area contributed by atoms with Crippen LogP contribution in [-0.2, 0) is 14.3 Å². The van der Waals surface area contributed by atoms with Crippen LogP contribution in [0, 0.1) is 5.41 Å². The zero-order valence-electron chi connectivity index (χ0n) is 11.8. The smallest absolute Gasteiger partial charge is 0.334 e. The van der Waals surface area contributed by atoms with E-state index in [9.17, 15) is 9.59 Å². The molecular weight excluding hydrogens is 260 g/mol. The summed E-state index contributed by atoms with van der Waals surface area (Å²) in [5.74, 6) is -0.986. The molecule has 1 aliphatic carbocycles. The Morgan fingerprint density at radius 3 is 2.60 bits per heavy atom. The van der Waals surface area contributed by atoms with Gasteiger partial charge in [0.15, 0.2) is 6.10 Å². The molecule has 2 rings (SSSR count). The summed E-state index contributed by atoms with van der Waals surface area (Å²) in [5, 5.41) is 8.97. The first-order valence-electron chi connectivity index (χ1n) is 7.39. The topological polar surface area (TPSA) is 92.9 Å². The lowest BCUT2D eigenvalue weighted by Crippen LogP contribution is -2.50. The first-order valence-corrected chi connectivity index (χ1v) is 7.39. The highest BCUT2D eigenvalue weighted by atomic mass is 16.5. The van der Waals surface area contributed by atoms with Gasteiger partial charge in [-0.05, 0) is 24.8 Å². The number of amides is 1. The fraction of sp³-hybridized carbons (Fsp3) is 0.857. The molecular formula is C14H24N2O4. The van der Waals surface area contributed by atoms with Crippen LogP contribution < -0.4 is 5.73 Å². The molecule has 1 amide bonds. The van der Waals surface area contributed by atoms with Crippen LogP contribution in [0.3, 0.4) is 0 Å². The van der Waals surface area contributed by atoms with Crippen molar-refractivity contribution in [3.05, 3.63) is 0 Å². The van der Waals surface area contributed by atoms with E-state index in [2.05, 4.69) is 0 Å². The van der Waals surface area contributed by atoms with Crippen molar-refractivity contribution >= 4 is 11.9 Å². The number of morpholine rings is 1. The van der Waals surface area contributed by atoms with Crippen LogP contribution in [0.1, 0.15) is 38.5 Å². The Balaban J connectivity index is 1.94. The molecule has 1 saturated heterocycles. The predicted molar refractivity (Wildman–Crippen MR) is 73.1 cm³/mol. The van der Waals surface area contributed by atoms with Gasteiger partial charge in [-0.25, -0.2) is 4.79 Å². The number of hydrogen-bond acceptors (Lipinski definition) is 4. The molecule has 1 aliphatic heterocycles. The molecule has 2 aliphatic rings. The molecule has 1 saturated carbocycles. The molecule has 6 heteroatoms. The maximum Gasteiger partial charge on any atom is 0.334 e. The zero-order chi connectivity index (χ0) is 14.6. The van der Waals surface area contributed by atoms with Crippen LogP contribution in [0.15, 0.2) is 0 Å². The summed E-state index contributed by atoms with van der Waals surface area (Å²) in [6, 6.07) is 0. The Morgan fingerprint density at radius 1 is 1.30 bits per heavy atom. The van der Waals surface area contributed by atoms with E-state index in [1.165, 1.54) is 6.42 Å². The number of ether oxygens (including phenoxy) is 1. The number of nitrogens with two attached hydrogens (primary N) is 1. The second-order valence-corrected chi connectivity index (χ2v) is 5.98. The summed E-state index contributed by atoms with van der Waals surface area (Å²) in [6.07, 6.45) is 5.03. The molecule has 114 valence electrons. The number of aliphatic carboxylic acids is 1. The standard InChI is InChI=1S/C14H24N2O4/c15-10-14(4-2-1-3-5-14)8-12(17)16-6-7-20-11(9-16)13(18)19/h11H,1-10,15H2,(H,18,19). The third kappa shape index (κ3) is 3.49. The molecule has 1 unspecified atom stereocenters. The van der Waals surface area contributed by atoms with Crippen molar-refractivity contribution < 1.29 is 19.4 Å². The minimum Gasteiger partial charge on any atom is -0.479 e. The number of carboxylic acids is 1. The minimum atomic E-state index is -1.01. The highest BCUT2D eigenvalue weighted by Crippen LogP contribution is 2.38. The molecule has 0 aromatic heterocycles. The van der Waals surface area contributed by atoms with E-state index in [0.717, 1.165) is 25.7 Å². The summed E-state index contributed by atoms with van der Waals surface area (Å²) in [5.41, 5.74) is 5.83. The van der Waals surface area contributed by atoms with Crippen LogP contribution in [0.2, 0.25) is 0 Å². The van der Waals surface area contributed by atoms with E-state index in [4.69, 9.17) is 15.6 Å². The number of carboxylic acid groups (broad SMARTS) is 1. The van der Waals surface area contributed by atoms with Crippen molar-refractivity contribution in [2.24, 2.45) is 11.1 Å². The van der Waals surface area contributed by atoms with Crippen molar-refractivity contribution in [1.82, 2.24) is 4.90 Å². The second kappa shape index (κ2) is 6.54. The molecule has 0 aromatic carbocycles. The molecule has 0 bridgehead atoms. The van der Waals surface area contributed by atoms with Gasteiger partial charge in [0.25, 0.3) is 0 Å². The quantitative estimate of drug-likeness (QED) is 0.788. The van der Waals surface area contributed by atoms with E-state index in [-0.39, 0.29) is 17.9 Å². The maximum absolute atomic E-state index is 12.4. The number of carbonyl (C=O) groups excluding carboxylic acids is 1. The summed E-state index contributed by atoms with van der Waals surface area (Å²) >= 11 is 0. The fourth-order valence-corrected chi connectivity index (χ4v) is 3.21. The number of nitrogens with zero attached hydrogens (tertiary/aromatic N) is 1. The minimum absolute atomic E-state index is 0.0203. The maximum atomic E-state index is 12.4. The number of rotatable bonds is 4. The van der Waals surface area contributed by atoms with Gasteiger partial charge in [-0.1, -0.05) is 19.3 Å². The van der Waals surface area contributed by atoms with Crippen LogP contribution in [0.4, 0.5) is 0 Å². The lowest BCUT2D eigenvalue weighted by Gasteiger charge is -2.38. The van der Waals surface area contributed by atoms with Crippen LogP contribution in [-0.4, -0.2) is 54.2 Å². The summed E-state index contributed by atoms with van der Waals surface area (Å²) in [7, 11) is 0. The van der Waals surface area contributed by atoms with Gasteiger partial charge < -0.3 is 20.5 Å². The van der Waals surface area contributed by atoms with E-state index < -0.39 is 12.1 Å². The predicted octanol–water partition coefficient (Wildman–Crippen LogP) is 0.598. The highest BCUT2D eigenvalue weighted by Gasteiger charge is 2.36. The lowest BCUT2D eigenvalue weighted by atomic mass is 9.71. The van der Waals surface area contributed by atoms with E-state index in [1.54, 1.807) is 4.90 Å². The normalized spacial score (nSPS) is 26.2.